The minimum Gasteiger partial charge on any atom is -0.439 e. The zero-order valence-corrected chi connectivity index (χ0v) is 16.3. The van der Waals surface area contributed by atoms with E-state index in [1.807, 2.05) is 0 Å². The van der Waals surface area contributed by atoms with Crippen LogP contribution in [-0.4, -0.2) is 21.9 Å². The number of amides is 3. The average Bonchev–Trinajstić information content (AvgIpc) is 2.73. The van der Waals surface area contributed by atoms with Gasteiger partial charge >= 0.3 is 12.2 Å². The van der Waals surface area contributed by atoms with E-state index in [9.17, 15) is 22.8 Å². The van der Waals surface area contributed by atoms with Crippen molar-refractivity contribution in [1.29, 1.82) is 0 Å². The number of alkyl halides is 3. The molecule has 0 aliphatic carbocycles. The van der Waals surface area contributed by atoms with Gasteiger partial charge in [-0.05, 0) is 48.0 Å². The summed E-state index contributed by atoms with van der Waals surface area (Å²) in [4.78, 5) is 31.1. The van der Waals surface area contributed by atoms with Gasteiger partial charge in [0.05, 0.1) is 5.56 Å². The van der Waals surface area contributed by atoms with Crippen LogP contribution in [0.25, 0.3) is 0 Å². The number of aromatic nitrogens is 2. The van der Waals surface area contributed by atoms with Crippen molar-refractivity contribution in [2.45, 2.75) is 12.7 Å². The van der Waals surface area contributed by atoms with Crippen LogP contribution in [0.3, 0.4) is 0 Å². The number of primary amides is 1. The second-order valence-corrected chi connectivity index (χ2v) is 6.50. The van der Waals surface area contributed by atoms with Crippen LogP contribution in [0.1, 0.15) is 21.5 Å². The number of urea groups is 1. The molecule has 9 nitrogen and oxygen atoms in total. The van der Waals surface area contributed by atoms with Gasteiger partial charge < -0.3 is 26.8 Å². The summed E-state index contributed by atoms with van der Waals surface area (Å²) in [7, 11) is 0. The zero-order chi connectivity index (χ0) is 23.3. The number of hydrogen-bond donors (Lipinski definition) is 4. The molecule has 1 aromatic heterocycles. The van der Waals surface area contributed by atoms with E-state index in [0.29, 0.717) is 17.5 Å². The first-order valence-electron chi connectivity index (χ1n) is 9.01. The van der Waals surface area contributed by atoms with Gasteiger partial charge in [0.25, 0.3) is 0 Å². The van der Waals surface area contributed by atoms with Gasteiger partial charge in [-0.3, -0.25) is 4.79 Å². The van der Waals surface area contributed by atoms with Crippen molar-refractivity contribution < 1.29 is 27.5 Å². The fourth-order valence-corrected chi connectivity index (χ4v) is 2.59. The third kappa shape index (κ3) is 6.08. The number of nitrogens with zero attached hydrogens (tertiary/aromatic N) is 2. The lowest BCUT2D eigenvalue weighted by atomic mass is 10.0. The van der Waals surface area contributed by atoms with Crippen LogP contribution in [0.4, 0.5) is 29.5 Å². The summed E-state index contributed by atoms with van der Waals surface area (Å²) in [5.74, 6) is -0.0909. The molecule has 12 heteroatoms. The normalized spacial score (nSPS) is 11.0. The molecule has 3 rings (SSSR count). The lowest BCUT2D eigenvalue weighted by molar-refractivity contribution is -0.137. The van der Waals surface area contributed by atoms with Crippen LogP contribution in [0.5, 0.6) is 11.6 Å². The predicted octanol–water partition coefficient (Wildman–Crippen LogP) is 3.29. The molecule has 0 saturated heterocycles. The highest BCUT2D eigenvalue weighted by molar-refractivity contribution is 5.93. The third-order valence-corrected chi connectivity index (χ3v) is 4.06. The molecule has 3 aromatic rings. The zero-order valence-electron chi connectivity index (χ0n) is 16.3. The Balaban J connectivity index is 1.60. The number of carbonyl (C=O) groups excluding carboxylic acids is 2. The highest BCUT2D eigenvalue weighted by Gasteiger charge is 2.31. The monoisotopic (exact) mass is 446 g/mol. The summed E-state index contributed by atoms with van der Waals surface area (Å²) < 4.78 is 44.5. The molecule has 3 amide bonds. The summed E-state index contributed by atoms with van der Waals surface area (Å²) in [6.45, 7) is -0.258. The topological polar surface area (TPSA) is 145 Å². The molecular weight excluding hydrogens is 429 g/mol. The molecule has 6 N–H and O–H groups in total. The molecule has 0 aliphatic heterocycles. The fraction of sp³-hybridized carbons (Fsp3) is 0.100. The van der Waals surface area contributed by atoms with Gasteiger partial charge in [-0.25, -0.2) is 14.8 Å². The Kier molecular flexibility index (Phi) is 6.42. The molecule has 0 unspecified atom stereocenters. The SMILES string of the molecule is NC(=O)c1cc(CNC(=O)Nc2ccc(Oc3cc(N)ncn3)cc2)cc(C(F)(F)F)c1. The number of ether oxygens (including phenoxy) is 1. The lowest BCUT2D eigenvalue weighted by Crippen LogP contribution is -2.28. The molecule has 0 atom stereocenters. The number of anilines is 2. The van der Waals surface area contributed by atoms with Crippen LogP contribution >= 0.6 is 0 Å². The predicted molar refractivity (Wildman–Crippen MR) is 109 cm³/mol. The van der Waals surface area contributed by atoms with Crippen molar-refractivity contribution >= 4 is 23.4 Å². The summed E-state index contributed by atoms with van der Waals surface area (Å²) in [5, 5.41) is 4.95. The van der Waals surface area contributed by atoms with E-state index in [-0.39, 0.29) is 29.4 Å². The molecule has 0 saturated carbocycles. The largest absolute Gasteiger partial charge is 0.439 e. The molecule has 166 valence electrons. The Hall–Kier alpha value is -4.35. The average molecular weight is 446 g/mol. The van der Waals surface area contributed by atoms with Gasteiger partial charge in [0.2, 0.25) is 11.8 Å². The van der Waals surface area contributed by atoms with Crippen LogP contribution in [-0.2, 0) is 12.7 Å². The minimum absolute atomic E-state index is 0.0663. The van der Waals surface area contributed by atoms with Crippen LogP contribution < -0.4 is 26.8 Å². The van der Waals surface area contributed by atoms with E-state index in [4.69, 9.17) is 16.2 Å². The van der Waals surface area contributed by atoms with Crippen molar-refractivity contribution in [1.82, 2.24) is 15.3 Å². The van der Waals surface area contributed by atoms with Crippen molar-refractivity contribution in [2.75, 3.05) is 11.1 Å². The van der Waals surface area contributed by atoms with E-state index >= 15 is 0 Å². The molecule has 0 fully saturated rings. The number of rotatable bonds is 6. The first-order chi connectivity index (χ1) is 15.1. The maximum Gasteiger partial charge on any atom is 0.416 e. The van der Waals surface area contributed by atoms with Crippen LogP contribution in [0, 0.1) is 0 Å². The Morgan fingerprint density at radius 3 is 2.38 bits per heavy atom. The molecular formula is C20H17F3N6O3. The smallest absolute Gasteiger partial charge is 0.416 e. The van der Waals surface area contributed by atoms with Gasteiger partial charge in [0.1, 0.15) is 17.9 Å². The Morgan fingerprint density at radius 1 is 1.03 bits per heavy atom. The maximum atomic E-state index is 13.0. The Labute approximate surface area is 179 Å². The summed E-state index contributed by atoms with van der Waals surface area (Å²) in [5.41, 5.74) is 9.77. The van der Waals surface area contributed by atoms with E-state index in [1.165, 1.54) is 18.5 Å². The van der Waals surface area contributed by atoms with Gasteiger partial charge in [-0.15, -0.1) is 0 Å². The van der Waals surface area contributed by atoms with Gasteiger partial charge in [-0.1, -0.05) is 0 Å². The number of carbonyl (C=O) groups is 2. The van der Waals surface area contributed by atoms with Gasteiger partial charge in [0, 0.05) is 23.9 Å². The Bertz CT molecular complexity index is 1140. The minimum atomic E-state index is -4.66. The molecule has 0 spiro atoms. The van der Waals surface area contributed by atoms with E-state index in [2.05, 4.69) is 20.6 Å². The summed E-state index contributed by atoms with van der Waals surface area (Å²) in [6, 6.07) is 9.69. The van der Waals surface area contributed by atoms with Crippen molar-refractivity contribution in [3.05, 3.63) is 71.5 Å². The molecule has 2 aromatic carbocycles. The van der Waals surface area contributed by atoms with Gasteiger partial charge in [-0.2, -0.15) is 13.2 Å². The quantitative estimate of drug-likeness (QED) is 0.457. The number of benzene rings is 2. The number of nitrogen functional groups attached to an aromatic ring is 1. The summed E-state index contributed by atoms with van der Waals surface area (Å²) in [6.07, 6.45) is -3.41. The second kappa shape index (κ2) is 9.20. The third-order valence-electron chi connectivity index (χ3n) is 4.06. The molecule has 0 radical (unpaired) electrons. The highest BCUT2D eigenvalue weighted by atomic mass is 19.4. The van der Waals surface area contributed by atoms with Gasteiger partial charge in [0.15, 0.2) is 0 Å². The fourth-order valence-electron chi connectivity index (χ4n) is 2.59. The highest BCUT2D eigenvalue weighted by Crippen LogP contribution is 2.30. The van der Waals surface area contributed by atoms with E-state index < -0.39 is 23.7 Å². The first-order valence-corrected chi connectivity index (χ1v) is 9.01. The van der Waals surface area contributed by atoms with Crippen LogP contribution in [0.2, 0.25) is 0 Å². The molecule has 1 heterocycles. The lowest BCUT2D eigenvalue weighted by Gasteiger charge is -2.12. The van der Waals surface area contributed by atoms with Crippen molar-refractivity contribution in [3.8, 4) is 11.6 Å². The number of nitrogens with one attached hydrogen (secondary N) is 2. The number of hydrogen-bond acceptors (Lipinski definition) is 6. The Morgan fingerprint density at radius 2 is 1.75 bits per heavy atom. The number of halogens is 3. The van der Waals surface area contributed by atoms with Crippen molar-refractivity contribution in [3.63, 3.8) is 0 Å². The molecule has 0 aliphatic rings. The first kappa shape index (κ1) is 22.3. The maximum absolute atomic E-state index is 13.0. The van der Waals surface area contributed by atoms with E-state index in [1.54, 1.807) is 24.3 Å². The van der Waals surface area contributed by atoms with Crippen LogP contribution in [0.15, 0.2) is 54.9 Å². The van der Waals surface area contributed by atoms with Crippen molar-refractivity contribution in [2.24, 2.45) is 5.73 Å². The number of nitrogens with two attached hydrogens (primary N) is 2. The second-order valence-electron chi connectivity index (χ2n) is 6.50. The standard InChI is InChI=1S/C20H17F3N6O3/c21-20(22,23)13-6-11(5-12(7-13)18(25)30)9-26-19(31)29-14-1-3-15(4-2-14)32-17-8-16(24)27-10-28-17/h1-8,10H,9H2,(H2,25,30)(H2,24,27,28)(H2,26,29,31). The molecule has 0 bridgehead atoms. The van der Waals surface area contributed by atoms with E-state index in [0.717, 1.165) is 6.07 Å². The molecule has 32 heavy (non-hydrogen) atoms. The summed E-state index contributed by atoms with van der Waals surface area (Å²) >= 11 is 0.